The topological polar surface area (TPSA) is 78.1 Å². The number of nitrogens with two attached hydrogens (primary N) is 1. The first-order valence-electron chi connectivity index (χ1n) is 10.0. The Morgan fingerprint density at radius 2 is 1.74 bits per heavy atom. The zero-order chi connectivity index (χ0) is 21.8. The summed E-state index contributed by atoms with van der Waals surface area (Å²) >= 11 is 1.50. The van der Waals surface area contributed by atoms with Crippen LogP contribution >= 0.6 is 11.8 Å². The molecule has 0 aliphatic rings. The van der Waals surface area contributed by atoms with Crippen LogP contribution in [0.3, 0.4) is 0 Å². The van der Waals surface area contributed by atoms with Crippen LogP contribution < -0.4 is 10.5 Å². The van der Waals surface area contributed by atoms with Crippen molar-refractivity contribution >= 4 is 28.6 Å². The molecule has 0 fully saturated rings. The van der Waals surface area contributed by atoms with E-state index < -0.39 is 5.91 Å². The molecule has 0 unspecified atom stereocenters. The average Bonchev–Trinajstić information content (AvgIpc) is 2.77. The molecule has 0 saturated heterocycles. The zero-order valence-corrected chi connectivity index (χ0v) is 18.2. The number of benzene rings is 2. The molecule has 0 saturated carbocycles. The molecule has 2 aromatic carbocycles. The summed E-state index contributed by atoms with van der Waals surface area (Å²) in [6, 6.07) is 19.5. The van der Waals surface area contributed by atoms with Crippen molar-refractivity contribution in [1.29, 1.82) is 0 Å². The van der Waals surface area contributed by atoms with E-state index in [2.05, 4.69) is 16.0 Å². The number of nitrogens with zero attached hydrogens (tertiary/aromatic N) is 2. The first-order valence-corrected chi connectivity index (χ1v) is 11.0. The van der Waals surface area contributed by atoms with Gasteiger partial charge in [-0.3, -0.25) is 9.78 Å². The van der Waals surface area contributed by atoms with E-state index in [0.717, 1.165) is 33.3 Å². The fraction of sp³-hybridized carbons (Fsp3) is 0.160. The van der Waals surface area contributed by atoms with Gasteiger partial charge in [0.15, 0.2) is 0 Å². The van der Waals surface area contributed by atoms with Crippen molar-refractivity contribution in [1.82, 2.24) is 9.97 Å². The molecule has 0 spiro atoms. The smallest absolute Gasteiger partial charge is 0.252 e. The highest BCUT2D eigenvalue weighted by Gasteiger charge is 2.17. The Balaban J connectivity index is 1.65. The number of carbonyl (C=O) groups excluding carboxylic acids is 1. The van der Waals surface area contributed by atoms with Gasteiger partial charge in [0.05, 0.1) is 17.2 Å². The number of pyridine rings is 2. The zero-order valence-electron chi connectivity index (χ0n) is 17.4. The van der Waals surface area contributed by atoms with Crippen molar-refractivity contribution in [3.8, 4) is 16.9 Å². The fourth-order valence-corrected chi connectivity index (χ4v) is 4.48. The number of carbonyl (C=O) groups is 1. The van der Waals surface area contributed by atoms with Crippen LogP contribution in [-0.4, -0.2) is 22.0 Å². The maximum atomic E-state index is 12.4. The highest BCUT2D eigenvalue weighted by molar-refractivity contribution is 7.98. The summed E-state index contributed by atoms with van der Waals surface area (Å²) in [6.07, 6.45) is 3.62. The molecule has 0 radical (unpaired) electrons. The fourth-order valence-electron chi connectivity index (χ4n) is 3.44. The van der Waals surface area contributed by atoms with Gasteiger partial charge in [0.25, 0.3) is 5.91 Å². The highest BCUT2D eigenvalue weighted by Crippen LogP contribution is 2.33. The lowest BCUT2D eigenvalue weighted by molar-refractivity contribution is 0.0997. The molecular formula is C25H23N3O2S. The van der Waals surface area contributed by atoms with Crippen LogP contribution in [0.4, 0.5) is 0 Å². The van der Waals surface area contributed by atoms with Gasteiger partial charge in [-0.15, -0.1) is 11.8 Å². The molecule has 2 heterocycles. The van der Waals surface area contributed by atoms with Crippen LogP contribution in [0.25, 0.3) is 22.0 Å². The molecule has 0 atom stereocenters. The Bertz CT molecular complexity index is 1220. The summed E-state index contributed by atoms with van der Waals surface area (Å²) in [5, 5.41) is 1.71. The van der Waals surface area contributed by atoms with Crippen LogP contribution in [0.5, 0.6) is 5.75 Å². The minimum absolute atomic E-state index is 0.0974. The summed E-state index contributed by atoms with van der Waals surface area (Å²) in [5.41, 5.74) is 9.95. The van der Waals surface area contributed by atoms with E-state index >= 15 is 0 Å². The summed E-state index contributed by atoms with van der Waals surface area (Å²) in [4.78, 5) is 21.3. The van der Waals surface area contributed by atoms with Crippen molar-refractivity contribution in [3.05, 3.63) is 84.2 Å². The quantitative estimate of drug-likeness (QED) is 0.394. The largest absolute Gasteiger partial charge is 0.491 e. The van der Waals surface area contributed by atoms with Gasteiger partial charge in [-0.2, -0.15) is 0 Å². The summed E-state index contributed by atoms with van der Waals surface area (Å²) in [5.74, 6) is 0.946. The normalized spacial score (nSPS) is 11.1. The van der Waals surface area contributed by atoms with Crippen molar-refractivity contribution in [2.75, 3.05) is 0 Å². The first-order chi connectivity index (χ1) is 15.0. The highest BCUT2D eigenvalue weighted by atomic mass is 32.2. The number of primary amides is 1. The van der Waals surface area contributed by atoms with Crippen LogP contribution in [-0.2, 0) is 5.75 Å². The molecule has 1 amide bonds. The summed E-state index contributed by atoms with van der Waals surface area (Å²) in [6.45, 7) is 3.97. The number of hydrogen-bond acceptors (Lipinski definition) is 5. The predicted molar refractivity (Wildman–Crippen MR) is 125 cm³/mol. The third-order valence-corrected chi connectivity index (χ3v) is 5.84. The van der Waals surface area contributed by atoms with Gasteiger partial charge >= 0.3 is 0 Å². The molecule has 6 heteroatoms. The number of amides is 1. The predicted octanol–water partition coefficient (Wildman–Crippen LogP) is 5.48. The van der Waals surface area contributed by atoms with E-state index in [1.54, 1.807) is 12.4 Å². The molecule has 4 rings (SSSR count). The van der Waals surface area contributed by atoms with E-state index in [1.165, 1.54) is 11.8 Å². The lowest BCUT2D eigenvalue weighted by atomic mass is 10.0. The molecule has 2 N–H and O–H groups in total. The van der Waals surface area contributed by atoms with Gasteiger partial charge in [0.1, 0.15) is 10.8 Å². The molecule has 0 aliphatic heterocycles. The lowest BCUT2D eigenvalue weighted by Crippen LogP contribution is -2.14. The Morgan fingerprint density at radius 3 is 2.48 bits per heavy atom. The molecule has 0 bridgehead atoms. The maximum absolute atomic E-state index is 12.4. The number of rotatable bonds is 7. The van der Waals surface area contributed by atoms with E-state index in [9.17, 15) is 4.79 Å². The SMILES string of the molecule is CC(C)Oc1ccc(-c2ccnc(SCc3ccnc4ccccc34)c2C(N)=O)cc1. The third-order valence-electron chi connectivity index (χ3n) is 4.80. The Hall–Kier alpha value is -3.38. The van der Waals surface area contributed by atoms with Crippen LogP contribution in [0.15, 0.2) is 78.1 Å². The Labute approximate surface area is 185 Å². The molecule has 0 aliphatic carbocycles. The van der Waals surface area contributed by atoms with Gasteiger partial charge in [0, 0.05) is 23.5 Å². The second-order valence-corrected chi connectivity index (χ2v) is 8.33. The van der Waals surface area contributed by atoms with Gasteiger partial charge in [-0.05, 0) is 60.9 Å². The van der Waals surface area contributed by atoms with Gasteiger partial charge in [0.2, 0.25) is 0 Å². The number of fused-ring (bicyclic) bond motifs is 1. The number of ether oxygens (including phenoxy) is 1. The minimum Gasteiger partial charge on any atom is -0.491 e. The molecular weight excluding hydrogens is 406 g/mol. The van der Waals surface area contributed by atoms with E-state index in [1.807, 2.05) is 68.4 Å². The number of aromatic nitrogens is 2. The van der Waals surface area contributed by atoms with Gasteiger partial charge in [-0.25, -0.2) is 4.98 Å². The van der Waals surface area contributed by atoms with E-state index in [0.29, 0.717) is 16.3 Å². The first kappa shape index (κ1) is 20.9. The Morgan fingerprint density at radius 1 is 1.00 bits per heavy atom. The van der Waals surface area contributed by atoms with E-state index in [4.69, 9.17) is 10.5 Å². The molecule has 4 aromatic rings. The van der Waals surface area contributed by atoms with Crippen LogP contribution in [0, 0.1) is 0 Å². The number of hydrogen-bond donors (Lipinski definition) is 1. The van der Waals surface area contributed by atoms with Crippen molar-refractivity contribution in [3.63, 3.8) is 0 Å². The van der Waals surface area contributed by atoms with Crippen molar-refractivity contribution < 1.29 is 9.53 Å². The molecule has 156 valence electrons. The second-order valence-electron chi connectivity index (χ2n) is 7.37. The van der Waals surface area contributed by atoms with Crippen LogP contribution in [0.2, 0.25) is 0 Å². The van der Waals surface area contributed by atoms with Crippen LogP contribution in [0.1, 0.15) is 29.8 Å². The monoisotopic (exact) mass is 429 g/mol. The summed E-state index contributed by atoms with van der Waals surface area (Å²) < 4.78 is 5.72. The lowest BCUT2D eigenvalue weighted by Gasteiger charge is -2.13. The van der Waals surface area contributed by atoms with Crippen molar-refractivity contribution in [2.45, 2.75) is 30.7 Å². The number of para-hydroxylation sites is 1. The minimum atomic E-state index is -0.493. The molecule has 31 heavy (non-hydrogen) atoms. The maximum Gasteiger partial charge on any atom is 0.252 e. The van der Waals surface area contributed by atoms with E-state index in [-0.39, 0.29) is 6.10 Å². The second kappa shape index (κ2) is 9.18. The molecule has 2 aromatic heterocycles. The summed E-state index contributed by atoms with van der Waals surface area (Å²) in [7, 11) is 0. The van der Waals surface area contributed by atoms with Gasteiger partial charge < -0.3 is 10.5 Å². The van der Waals surface area contributed by atoms with Gasteiger partial charge in [-0.1, -0.05) is 30.3 Å². The third kappa shape index (κ3) is 4.70. The molecule has 5 nitrogen and oxygen atoms in total. The van der Waals surface area contributed by atoms with Crippen molar-refractivity contribution in [2.24, 2.45) is 5.73 Å². The average molecular weight is 430 g/mol. The number of thioether (sulfide) groups is 1. The standard InChI is InChI=1S/C25H23N3O2S/c1-16(2)30-19-9-7-17(8-10-19)21-12-14-28-25(23(21)24(26)29)31-15-18-11-13-27-22-6-4-3-5-20(18)22/h3-14,16H,15H2,1-2H3,(H2,26,29). The Kier molecular flexibility index (Phi) is 6.18.